The highest BCUT2D eigenvalue weighted by atomic mass is 14.5. The fraction of sp³-hybridized carbons (Fsp3) is 0.184. The number of hydrogen-bond donors (Lipinski definition) is 0. The van der Waals surface area contributed by atoms with E-state index in [9.17, 15) is 0 Å². The summed E-state index contributed by atoms with van der Waals surface area (Å²) in [6.07, 6.45) is 9.03. The number of benzene rings is 6. The smallest absolute Gasteiger partial charge is 0.0214 e. The minimum atomic E-state index is -0.196. The zero-order chi connectivity index (χ0) is 33.5. The van der Waals surface area contributed by atoms with Gasteiger partial charge in [0.05, 0.1) is 0 Å². The molecule has 8 rings (SSSR count). The summed E-state index contributed by atoms with van der Waals surface area (Å²) in [6.45, 7) is 8.90. The third kappa shape index (κ3) is 5.80. The van der Waals surface area contributed by atoms with E-state index < -0.39 is 0 Å². The first kappa shape index (κ1) is 31.1. The second kappa shape index (κ2) is 12.7. The standard InChI is InChI=1S/C49H44/c1-33-21-23-35(3)45(25-33)43-19-11-17-39-27-41(29-47(39)43)49(31-37-13-7-5-8-14-37,32-38-15-9-6-10-16-38)42-28-40-18-12-20-44(48(40)30-42)46-26-34(2)22-24-36(46)4/h5-26,29-30H,27-28,31-32H2,1-4H3. The van der Waals surface area contributed by atoms with Crippen LogP contribution in [0.2, 0.25) is 0 Å². The molecular weight excluding hydrogens is 589 g/mol. The minimum Gasteiger partial charge on any atom is -0.0622 e. The van der Waals surface area contributed by atoms with Crippen LogP contribution in [0.3, 0.4) is 0 Å². The maximum absolute atomic E-state index is 2.59. The van der Waals surface area contributed by atoms with Crippen LogP contribution in [-0.4, -0.2) is 0 Å². The monoisotopic (exact) mass is 632 g/mol. The van der Waals surface area contributed by atoms with Gasteiger partial charge in [-0.2, -0.15) is 0 Å². The summed E-state index contributed by atoms with van der Waals surface area (Å²) in [5.74, 6) is 0. The highest BCUT2D eigenvalue weighted by molar-refractivity contribution is 5.86. The molecule has 0 unspecified atom stereocenters. The molecule has 0 amide bonds. The van der Waals surface area contributed by atoms with E-state index in [1.54, 1.807) is 0 Å². The number of hydrogen-bond acceptors (Lipinski definition) is 0. The Morgan fingerprint density at radius 1 is 0.429 bits per heavy atom. The molecule has 6 aromatic rings. The van der Waals surface area contributed by atoms with Crippen molar-refractivity contribution >= 4 is 12.2 Å². The second-order valence-electron chi connectivity index (χ2n) is 14.5. The first-order valence-corrected chi connectivity index (χ1v) is 17.8. The Labute approximate surface area is 292 Å². The first-order chi connectivity index (χ1) is 23.9. The van der Waals surface area contributed by atoms with Crippen LogP contribution in [0, 0.1) is 33.1 Å². The molecule has 0 aliphatic heterocycles. The van der Waals surface area contributed by atoms with E-state index in [2.05, 4.69) is 173 Å². The van der Waals surface area contributed by atoms with E-state index in [4.69, 9.17) is 0 Å². The van der Waals surface area contributed by atoms with Gasteiger partial charge in [-0.1, -0.05) is 168 Å². The molecule has 0 nitrogen and oxygen atoms in total. The molecule has 49 heavy (non-hydrogen) atoms. The fourth-order valence-electron chi connectivity index (χ4n) is 8.48. The number of fused-ring (bicyclic) bond motifs is 2. The number of aryl methyl sites for hydroxylation is 4. The van der Waals surface area contributed by atoms with E-state index in [-0.39, 0.29) is 5.41 Å². The van der Waals surface area contributed by atoms with Gasteiger partial charge in [-0.25, -0.2) is 0 Å². The Morgan fingerprint density at radius 3 is 1.29 bits per heavy atom. The third-order valence-corrected chi connectivity index (χ3v) is 11.1. The van der Waals surface area contributed by atoms with E-state index in [0.29, 0.717) is 0 Å². The molecule has 6 aromatic carbocycles. The van der Waals surface area contributed by atoms with Gasteiger partial charge in [-0.15, -0.1) is 0 Å². The lowest BCUT2D eigenvalue weighted by Gasteiger charge is -2.38. The van der Waals surface area contributed by atoms with Crippen molar-refractivity contribution in [1.29, 1.82) is 0 Å². The van der Waals surface area contributed by atoms with Crippen molar-refractivity contribution in [3.8, 4) is 22.3 Å². The molecule has 0 radical (unpaired) electrons. The molecule has 240 valence electrons. The van der Waals surface area contributed by atoms with Gasteiger partial charge in [-0.05, 0) is 120 Å². The first-order valence-electron chi connectivity index (χ1n) is 17.8. The van der Waals surface area contributed by atoms with Crippen LogP contribution in [0.4, 0.5) is 0 Å². The van der Waals surface area contributed by atoms with Crippen molar-refractivity contribution < 1.29 is 0 Å². The summed E-state index contributed by atoms with van der Waals surface area (Å²) in [5.41, 5.74) is 21.9. The molecule has 0 saturated carbocycles. The SMILES string of the molecule is Cc1ccc(C)c(-c2cccc3c2C=C(C(Cc2ccccc2)(Cc2ccccc2)C2=Cc4c(cccc4-c4cc(C)ccc4C)C2)C3)c1. The van der Waals surface area contributed by atoms with Crippen molar-refractivity contribution in [2.24, 2.45) is 5.41 Å². The summed E-state index contributed by atoms with van der Waals surface area (Å²) in [5, 5.41) is 0. The lowest BCUT2D eigenvalue weighted by Crippen LogP contribution is -2.32. The third-order valence-electron chi connectivity index (χ3n) is 11.1. The molecule has 0 aromatic heterocycles. The summed E-state index contributed by atoms with van der Waals surface area (Å²) < 4.78 is 0. The molecular formula is C49H44. The number of allylic oxidation sites excluding steroid dienone is 2. The largest absolute Gasteiger partial charge is 0.0622 e. The predicted octanol–water partition coefficient (Wildman–Crippen LogP) is 12.3. The molecule has 0 fully saturated rings. The van der Waals surface area contributed by atoms with Crippen molar-refractivity contribution in [2.45, 2.75) is 53.4 Å². The van der Waals surface area contributed by atoms with Gasteiger partial charge >= 0.3 is 0 Å². The quantitative estimate of drug-likeness (QED) is 0.157. The van der Waals surface area contributed by atoms with Gasteiger partial charge in [0.2, 0.25) is 0 Å². The van der Waals surface area contributed by atoms with E-state index in [0.717, 1.165) is 25.7 Å². The molecule has 0 heterocycles. The highest BCUT2D eigenvalue weighted by Gasteiger charge is 2.42. The van der Waals surface area contributed by atoms with Gasteiger partial charge < -0.3 is 0 Å². The molecule has 0 bridgehead atoms. The van der Waals surface area contributed by atoms with E-state index in [1.165, 1.54) is 89.0 Å². The van der Waals surface area contributed by atoms with E-state index in [1.807, 2.05) is 0 Å². The summed E-state index contributed by atoms with van der Waals surface area (Å²) in [4.78, 5) is 0. The van der Waals surface area contributed by atoms with Crippen LogP contribution >= 0.6 is 0 Å². The lowest BCUT2D eigenvalue weighted by atomic mass is 9.65. The second-order valence-corrected chi connectivity index (χ2v) is 14.5. The molecule has 2 aliphatic carbocycles. The molecule has 0 spiro atoms. The average Bonchev–Trinajstić information content (AvgIpc) is 3.77. The summed E-state index contributed by atoms with van der Waals surface area (Å²) in [6, 6.07) is 50.1. The van der Waals surface area contributed by atoms with Crippen molar-refractivity contribution in [3.63, 3.8) is 0 Å². The summed E-state index contributed by atoms with van der Waals surface area (Å²) in [7, 11) is 0. The van der Waals surface area contributed by atoms with Gasteiger partial charge in [-0.3, -0.25) is 0 Å². The molecule has 2 aliphatic rings. The van der Waals surface area contributed by atoms with Crippen LogP contribution < -0.4 is 0 Å². The molecule has 0 saturated heterocycles. The van der Waals surface area contributed by atoms with Gasteiger partial charge in [0.1, 0.15) is 0 Å². The van der Waals surface area contributed by atoms with Crippen molar-refractivity contribution in [3.05, 3.63) is 200 Å². The minimum absolute atomic E-state index is 0.196. The Kier molecular flexibility index (Phi) is 8.04. The Hall–Kier alpha value is -5.20. The molecule has 0 heteroatoms. The maximum atomic E-state index is 2.59. The lowest BCUT2D eigenvalue weighted by molar-refractivity contribution is 0.414. The zero-order valence-electron chi connectivity index (χ0n) is 29.2. The maximum Gasteiger partial charge on any atom is 0.0214 e. The Bertz CT molecular complexity index is 2080. The van der Waals surface area contributed by atoms with E-state index >= 15 is 0 Å². The predicted molar refractivity (Wildman–Crippen MR) is 209 cm³/mol. The van der Waals surface area contributed by atoms with Crippen LogP contribution in [0.15, 0.2) is 145 Å². The van der Waals surface area contributed by atoms with Crippen LogP contribution in [0.25, 0.3) is 34.4 Å². The van der Waals surface area contributed by atoms with Gasteiger partial charge in [0.15, 0.2) is 0 Å². The van der Waals surface area contributed by atoms with Gasteiger partial charge in [0, 0.05) is 5.41 Å². The number of rotatable bonds is 8. The van der Waals surface area contributed by atoms with Gasteiger partial charge in [0.25, 0.3) is 0 Å². The Balaban J connectivity index is 1.35. The molecule has 0 atom stereocenters. The van der Waals surface area contributed by atoms with Crippen molar-refractivity contribution in [2.75, 3.05) is 0 Å². The van der Waals surface area contributed by atoms with Crippen LogP contribution in [0.1, 0.15) is 55.6 Å². The summed E-state index contributed by atoms with van der Waals surface area (Å²) >= 11 is 0. The molecule has 0 N–H and O–H groups in total. The van der Waals surface area contributed by atoms with Crippen molar-refractivity contribution in [1.82, 2.24) is 0 Å². The highest BCUT2D eigenvalue weighted by Crippen LogP contribution is 2.52. The zero-order valence-corrected chi connectivity index (χ0v) is 29.2. The van der Waals surface area contributed by atoms with Crippen LogP contribution in [-0.2, 0) is 25.7 Å². The van der Waals surface area contributed by atoms with Crippen LogP contribution in [0.5, 0.6) is 0 Å². The average molecular weight is 633 g/mol. The topological polar surface area (TPSA) is 0 Å². The normalized spacial score (nSPS) is 13.6. The Morgan fingerprint density at radius 2 is 0.857 bits per heavy atom. The fourth-order valence-corrected chi connectivity index (χ4v) is 8.48.